The molecule has 0 aliphatic carbocycles. The number of anilines is 2. The lowest BCUT2D eigenvalue weighted by Gasteiger charge is -2.18. The highest BCUT2D eigenvalue weighted by Crippen LogP contribution is 2.38. The van der Waals surface area contributed by atoms with E-state index in [9.17, 15) is 19.1 Å². The van der Waals surface area contributed by atoms with E-state index < -0.39 is 17.3 Å². The zero-order chi connectivity index (χ0) is 25.2. The standard InChI is InChI=1S/C25H27FN4O4S/c1-25(2,33)14-8-9-16(18(26)11-14)20-12-17(22(27)31)24(35-20)30-21-7-3-6-19(29-21)23(32)28-13-15-5-4-10-34-15/h3,6-9,11-12,15,33H,4-5,10,13H2,1-2H3,(H2,27,31)(H,28,32)(H,29,30). The second-order valence-electron chi connectivity index (χ2n) is 8.85. The van der Waals surface area contributed by atoms with Crippen LogP contribution in [-0.4, -0.2) is 41.2 Å². The highest BCUT2D eigenvalue weighted by atomic mass is 32.1. The van der Waals surface area contributed by atoms with Crippen molar-refractivity contribution in [1.82, 2.24) is 10.3 Å². The zero-order valence-electron chi connectivity index (χ0n) is 19.4. The molecule has 1 unspecified atom stereocenters. The molecule has 2 amide bonds. The molecule has 5 N–H and O–H groups in total. The van der Waals surface area contributed by atoms with E-state index in [1.54, 1.807) is 44.2 Å². The van der Waals surface area contributed by atoms with Crippen LogP contribution in [0, 0.1) is 5.82 Å². The number of amides is 2. The Balaban J connectivity index is 1.55. The van der Waals surface area contributed by atoms with Gasteiger partial charge in [0.1, 0.15) is 22.3 Å². The second-order valence-corrected chi connectivity index (χ2v) is 9.90. The molecule has 8 nitrogen and oxygen atoms in total. The van der Waals surface area contributed by atoms with Crippen LogP contribution in [0.5, 0.6) is 0 Å². The molecule has 3 heterocycles. The summed E-state index contributed by atoms with van der Waals surface area (Å²) < 4.78 is 20.4. The maximum atomic E-state index is 14.9. The van der Waals surface area contributed by atoms with E-state index in [4.69, 9.17) is 10.5 Å². The van der Waals surface area contributed by atoms with Crippen molar-refractivity contribution in [2.45, 2.75) is 38.4 Å². The number of pyridine rings is 1. The van der Waals surface area contributed by atoms with Crippen LogP contribution < -0.4 is 16.4 Å². The minimum Gasteiger partial charge on any atom is -0.386 e. The number of nitrogens with one attached hydrogen (secondary N) is 2. The third-order valence-electron chi connectivity index (χ3n) is 5.68. The molecule has 10 heteroatoms. The number of hydrogen-bond acceptors (Lipinski definition) is 7. The molecule has 1 fully saturated rings. The number of rotatable bonds is 8. The molecule has 1 atom stereocenters. The Labute approximate surface area is 206 Å². The molecule has 1 saturated heterocycles. The summed E-state index contributed by atoms with van der Waals surface area (Å²) in [6.45, 7) is 4.26. The van der Waals surface area contributed by atoms with E-state index in [2.05, 4.69) is 15.6 Å². The molecule has 0 bridgehead atoms. The number of hydrogen-bond donors (Lipinski definition) is 4. The SMILES string of the molecule is CC(C)(O)c1ccc(-c2cc(C(N)=O)c(Nc3cccc(C(=O)NCC4CCCO4)n3)s2)c(F)c1. The minimum absolute atomic E-state index is 0.0147. The van der Waals surface area contributed by atoms with Crippen molar-refractivity contribution < 1.29 is 23.8 Å². The molecular formula is C25H27FN4O4S. The molecule has 35 heavy (non-hydrogen) atoms. The fraction of sp³-hybridized carbons (Fsp3) is 0.320. The molecule has 0 saturated carbocycles. The molecule has 0 spiro atoms. The Morgan fingerprint density at radius 2 is 2.09 bits per heavy atom. The summed E-state index contributed by atoms with van der Waals surface area (Å²) in [5.41, 5.74) is 5.46. The maximum Gasteiger partial charge on any atom is 0.270 e. The summed E-state index contributed by atoms with van der Waals surface area (Å²) in [4.78, 5) is 29.4. The Kier molecular flexibility index (Phi) is 7.15. The lowest BCUT2D eigenvalue weighted by atomic mass is 9.96. The largest absolute Gasteiger partial charge is 0.386 e. The first-order valence-corrected chi connectivity index (χ1v) is 12.0. The predicted molar refractivity (Wildman–Crippen MR) is 132 cm³/mol. The Morgan fingerprint density at radius 3 is 2.74 bits per heavy atom. The van der Waals surface area contributed by atoms with Gasteiger partial charge in [0.25, 0.3) is 11.8 Å². The Hall–Kier alpha value is -3.34. The summed E-state index contributed by atoms with van der Waals surface area (Å²) in [7, 11) is 0. The normalized spacial score (nSPS) is 15.7. The number of benzene rings is 1. The van der Waals surface area contributed by atoms with Crippen molar-refractivity contribution in [3.8, 4) is 10.4 Å². The highest BCUT2D eigenvalue weighted by Gasteiger charge is 2.22. The van der Waals surface area contributed by atoms with Gasteiger partial charge in [0, 0.05) is 23.6 Å². The summed E-state index contributed by atoms with van der Waals surface area (Å²) in [5.74, 6) is -1.21. The predicted octanol–water partition coefficient (Wildman–Crippen LogP) is 3.93. The van der Waals surface area contributed by atoms with Gasteiger partial charge in [-0.2, -0.15) is 0 Å². The average molecular weight is 499 g/mol. The van der Waals surface area contributed by atoms with E-state index in [0.717, 1.165) is 24.2 Å². The van der Waals surface area contributed by atoms with Crippen LogP contribution in [0.4, 0.5) is 15.2 Å². The first-order chi connectivity index (χ1) is 16.6. The van der Waals surface area contributed by atoms with Crippen molar-refractivity contribution >= 4 is 34.0 Å². The van der Waals surface area contributed by atoms with Gasteiger partial charge >= 0.3 is 0 Å². The first-order valence-electron chi connectivity index (χ1n) is 11.2. The van der Waals surface area contributed by atoms with Crippen molar-refractivity contribution in [1.29, 1.82) is 0 Å². The third-order valence-corrected chi connectivity index (χ3v) is 6.76. The summed E-state index contributed by atoms with van der Waals surface area (Å²) in [5, 5.41) is 16.4. The summed E-state index contributed by atoms with van der Waals surface area (Å²) >= 11 is 1.13. The van der Waals surface area contributed by atoms with Crippen LogP contribution in [0.2, 0.25) is 0 Å². The van der Waals surface area contributed by atoms with Gasteiger partial charge in [-0.25, -0.2) is 9.37 Å². The van der Waals surface area contributed by atoms with Gasteiger partial charge in [0.15, 0.2) is 0 Å². The van der Waals surface area contributed by atoms with Gasteiger partial charge in [0.05, 0.1) is 17.3 Å². The number of thiophene rings is 1. The quantitative estimate of drug-likeness (QED) is 0.373. The number of aliphatic hydroxyl groups is 1. The van der Waals surface area contributed by atoms with Gasteiger partial charge < -0.3 is 26.2 Å². The van der Waals surface area contributed by atoms with Crippen LogP contribution in [-0.2, 0) is 10.3 Å². The number of ether oxygens (including phenoxy) is 1. The number of primary amides is 1. The summed E-state index contributed by atoms with van der Waals surface area (Å²) in [6, 6.07) is 10.9. The van der Waals surface area contributed by atoms with Crippen molar-refractivity contribution in [2.75, 3.05) is 18.5 Å². The molecule has 4 rings (SSSR count). The average Bonchev–Trinajstić information content (AvgIpc) is 3.47. The van der Waals surface area contributed by atoms with Gasteiger partial charge in [-0.15, -0.1) is 11.3 Å². The smallest absolute Gasteiger partial charge is 0.270 e. The van der Waals surface area contributed by atoms with Crippen molar-refractivity contribution in [3.63, 3.8) is 0 Å². The van der Waals surface area contributed by atoms with Gasteiger partial charge in [-0.05, 0) is 56.5 Å². The molecule has 0 radical (unpaired) electrons. The number of nitrogens with two attached hydrogens (primary N) is 1. The lowest BCUT2D eigenvalue weighted by Crippen LogP contribution is -2.32. The molecule has 1 aromatic carbocycles. The molecule has 1 aliphatic heterocycles. The van der Waals surface area contributed by atoms with Gasteiger partial charge in [0.2, 0.25) is 0 Å². The Bertz CT molecular complexity index is 1250. The van der Waals surface area contributed by atoms with Crippen molar-refractivity contribution in [3.05, 3.63) is 65.1 Å². The number of nitrogens with zero attached hydrogens (tertiary/aromatic N) is 1. The minimum atomic E-state index is -1.19. The molecule has 1 aliphatic rings. The number of carbonyl (C=O) groups is 2. The number of aromatic nitrogens is 1. The molecule has 2 aromatic heterocycles. The van der Waals surface area contributed by atoms with E-state index in [-0.39, 0.29) is 28.8 Å². The summed E-state index contributed by atoms with van der Waals surface area (Å²) in [6.07, 6.45) is 1.91. The fourth-order valence-electron chi connectivity index (χ4n) is 3.74. The van der Waals surface area contributed by atoms with Gasteiger partial charge in [-0.1, -0.05) is 18.2 Å². The van der Waals surface area contributed by atoms with Crippen LogP contribution in [0.1, 0.15) is 53.1 Å². The zero-order valence-corrected chi connectivity index (χ0v) is 20.2. The fourth-order valence-corrected chi connectivity index (χ4v) is 4.84. The van der Waals surface area contributed by atoms with E-state index in [1.807, 2.05) is 0 Å². The number of carbonyl (C=O) groups excluding carboxylic acids is 2. The van der Waals surface area contributed by atoms with Crippen LogP contribution in [0.15, 0.2) is 42.5 Å². The molecule has 184 valence electrons. The van der Waals surface area contributed by atoms with E-state index >= 15 is 0 Å². The lowest BCUT2D eigenvalue weighted by molar-refractivity contribution is 0.0782. The molecule has 3 aromatic rings. The van der Waals surface area contributed by atoms with Crippen LogP contribution in [0.25, 0.3) is 10.4 Å². The maximum absolute atomic E-state index is 14.9. The number of halogens is 1. The van der Waals surface area contributed by atoms with E-state index in [1.165, 1.54) is 12.1 Å². The molecular weight excluding hydrogens is 471 g/mol. The Morgan fingerprint density at radius 1 is 1.29 bits per heavy atom. The second kappa shape index (κ2) is 10.1. The third kappa shape index (κ3) is 5.84. The van der Waals surface area contributed by atoms with Crippen LogP contribution >= 0.6 is 11.3 Å². The van der Waals surface area contributed by atoms with Gasteiger partial charge in [-0.3, -0.25) is 9.59 Å². The topological polar surface area (TPSA) is 127 Å². The highest BCUT2D eigenvalue weighted by molar-refractivity contribution is 7.20. The van der Waals surface area contributed by atoms with E-state index in [0.29, 0.717) is 34.4 Å². The van der Waals surface area contributed by atoms with Crippen LogP contribution in [0.3, 0.4) is 0 Å². The first kappa shape index (κ1) is 24.8. The monoisotopic (exact) mass is 498 g/mol. The van der Waals surface area contributed by atoms with Crippen molar-refractivity contribution in [2.24, 2.45) is 5.73 Å².